The monoisotopic (exact) mass is 265 g/mol. The Morgan fingerprint density at radius 2 is 2.42 bits per heavy atom. The second-order valence-electron chi connectivity index (χ2n) is 4.91. The molecule has 0 radical (unpaired) electrons. The number of halogens is 1. The minimum absolute atomic E-state index is 0.108. The molecule has 1 aromatic heterocycles. The highest BCUT2D eigenvalue weighted by atomic mass is 19.1. The van der Waals surface area contributed by atoms with Crippen molar-refractivity contribution in [2.24, 2.45) is 0 Å². The lowest BCUT2D eigenvalue weighted by atomic mass is 10.1. The first-order valence-electron chi connectivity index (χ1n) is 6.85. The molecule has 1 atom stereocenters. The Hall–Kier alpha value is -1.49. The zero-order valence-corrected chi connectivity index (χ0v) is 11.2. The van der Waals surface area contributed by atoms with Crippen LogP contribution in [0.4, 0.5) is 4.39 Å². The third-order valence-corrected chi connectivity index (χ3v) is 3.34. The SMILES string of the molecule is CCCNC1CCCN(C(=O)c2ccc(F)cn2)C1. The molecule has 2 rings (SSSR count). The van der Waals surface area contributed by atoms with Crippen LogP contribution in [0.3, 0.4) is 0 Å². The van der Waals surface area contributed by atoms with Crippen LogP contribution >= 0.6 is 0 Å². The van der Waals surface area contributed by atoms with Gasteiger partial charge in [-0.3, -0.25) is 4.79 Å². The Morgan fingerprint density at radius 3 is 3.11 bits per heavy atom. The van der Waals surface area contributed by atoms with Gasteiger partial charge in [-0.05, 0) is 37.9 Å². The van der Waals surface area contributed by atoms with Crippen LogP contribution in [0.5, 0.6) is 0 Å². The van der Waals surface area contributed by atoms with Crippen molar-refractivity contribution in [1.29, 1.82) is 0 Å². The summed E-state index contributed by atoms with van der Waals surface area (Å²) in [7, 11) is 0. The quantitative estimate of drug-likeness (QED) is 0.903. The van der Waals surface area contributed by atoms with E-state index in [0.717, 1.165) is 38.5 Å². The Bertz CT molecular complexity index is 421. The molecule has 1 N–H and O–H groups in total. The van der Waals surface area contributed by atoms with Crippen LogP contribution in [0, 0.1) is 5.82 Å². The Morgan fingerprint density at radius 1 is 1.58 bits per heavy atom. The number of hydrogen-bond acceptors (Lipinski definition) is 3. The molecular formula is C14H20FN3O. The van der Waals surface area contributed by atoms with Crippen molar-refractivity contribution in [2.45, 2.75) is 32.2 Å². The Balaban J connectivity index is 1.96. The summed E-state index contributed by atoms with van der Waals surface area (Å²) < 4.78 is 12.8. The van der Waals surface area contributed by atoms with E-state index in [1.54, 1.807) is 4.90 Å². The predicted molar refractivity (Wildman–Crippen MR) is 71.4 cm³/mol. The molecule has 4 nitrogen and oxygen atoms in total. The van der Waals surface area contributed by atoms with Crippen molar-refractivity contribution >= 4 is 5.91 Å². The van der Waals surface area contributed by atoms with Crippen molar-refractivity contribution in [1.82, 2.24) is 15.2 Å². The maximum absolute atomic E-state index is 12.8. The number of carbonyl (C=O) groups excluding carboxylic acids is 1. The van der Waals surface area contributed by atoms with Gasteiger partial charge in [0, 0.05) is 19.1 Å². The van der Waals surface area contributed by atoms with E-state index in [1.165, 1.54) is 12.1 Å². The molecule has 1 aromatic rings. The molecule has 19 heavy (non-hydrogen) atoms. The largest absolute Gasteiger partial charge is 0.336 e. The van der Waals surface area contributed by atoms with Crippen molar-refractivity contribution in [3.05, 3.63) is 29.8 Å². The van der Waals surface area contributed by atoms with Gasteiger partial charge in [0.25, 0.3) is 5.91 Å². The highest BCUT2D eigenvalue weighted by Gasteiger charge is 2.24. The lowest BCUT2D eigenvalue weighted by molar-refractivity contribution is 0.0689. The summed E-state index contributed by atoms with van der Waals surface area (Å²) in [5.41, 5.74) is 0.317. The van der Waals surface area contributed by atoms with E-state index in [1.807, 2.05) is 0 Å². The fraction of sp³-hybridized carbons (Fsp3) is 0.571. The second kappa shape index (κ2) is 6.61. The first-order chi connectivity index (χ1) is 9.20. The van der Waals surface area contributed by atoms with Crippen LogP contribution in [0.1, 0.15) is 36.7 Å². The number of piperidine rings is 1. The van der Waals surface area contributed by atoms with Crippen molar-refractivity contribution in [2.75, 3.05) is 19.6 Å². The fourth-order valence-corrected chi connectivity index (χ4v) is 2.34. The number of likely N-dealkylation sites (tertiary alicyclic amines) is 1. The van der Waals surface area contributed by atoms with Crippen molar-refractivity contribution in [3.8, 4) is 0 Å². The predicted octanol–water partition coefficient (Wildman–Crippen LogP) is 1.82. The minimum Gasteiger partial charge on any atom is -0.336 e. The van der Waals surface area contributed by atoms with E-state index in [9.17, 15) is 9.18 Å². The van der Waals surface area contributed by atoms with Crippen LogP contribution in [0.2, 0.25) is 0 Å². The summed E-state index contributed by atoms with van der Waals surface area (Å²) in [6, 6.07) is 3.08. The maximum Gasteiger partial charge on any atom is 0.272 e. The highest BCUT2D eigenvalue weighted by molar-refractivity contribution is 5.92. The molecule has 1 unspecified atom stereocenters. The van der Waals surface area contributed by atoms with Crippen molar-refractivity contribution < 1.29 is 9.18 Å². The average Bonchev–Trinajstić information content (AvgIpc) is 2.45. The third kappa shape index (κ3) is 3.73. The van der Waals surface area contributed by atoms with E-state index in [-0.39, 0.29) is 5.91 Å². The number of rotatable bonds is 4. The number of nitrogens with one attached hydrogen (secondary N) is 1. The first-order valence-corrected chi connectivity index (χ1v) is 6.85. The van der Waals surface area contributed by atoms with Crippen LogP contribution in [0.15, 0.2) is 18.3 Å². The lowest BCUT2D eigenvalue weighted by Crippen LogP contribution is -2.48. The molecule has 1 saturated heterocycles. The van der Waals surface area contributed by atoms with Gasteiger partial charge in [-0.25, -0.2) is 9.37 Å². The zero-order valence-electron chi connectivity index (χ0n) is 11.2. The third-order valence-electron chi connectivity index (χ3n) is 3.34. The summed E-state index contributed by atoms with van der Waals surface area (Å²) in [5, 5.41) is 3.44. The fourth-order valence-electron chi connectivity index (χ4n) is 2.34. The van der Waals surface area contributed by atoms with E-state index < -0.39 is 5.82 Å². The number of nitrogens with zero attached hydrogens (tertiary/aromatic N) is 2. The molecular weight excluding hydrogens is 245 g/mol. The highest BCUT2D eigenvalue weighted by Crippen LogP contribution is 2.13. The molecule has 1 amide bonds. The van der Waals surface area contributed by atoms with Crippen LogP contribution < -0.4 is 5.32 Å². The summed E-state index contributed by atoms with van der Waals surface area (Å²) >= 11 is 0. The standard InChI is InChI=1S/C14H20FN3O/c1-2-7-16-12-4-3-8-18(10-12)14(19)13-6-5-11(15)9-17-13/h5-6,9,12,16H,2-4,7-8,10H2,1H3. The molecule has 0 aliphatic carbocycles. The molecule has 1 aliphatic rings. The molecule has 1 fully saturated rings. The molecule has 0 aromatic carbocycles. The van der Waals surface area contributed by atoms with E-state index in [2.05, 4.69) is 17.2 Å². The molecule has 2 heterocycles. The summed E-state index contributed by atoms with van der Waals surface area (Å²) in [6.07, 6.45) is 4.27. The number of amides is 1. The zero-order chi connectivity index (χ0) is 13.7. The topological polar surface area (TPSA) is 45.2 Å². The van der Waals surface area contributed by atoms with Crippen LogP contribution in [-0.4, -0.2) is 41.5 Å². The second-order valence-corrected chi connectivity index (χ2v) is 4.91. The molecule has 104 valence electrons. The van der Waals surface area contributed by atoms with Gasteiger partial charge >= 0.3 is 0 Å². The molecule has 5 heteroatoms. The smallest absolute Gasteiger partial charge is 0.272 e. The maximum atomic E-state index is 12.8. The van der Waals surface area contributed by atoms with Gasteiger partial charge in [-0.1, -0.05) is 6.92 Å². The van der Waals surface area contributed by atoms with E-state index in [4.69, 9.17) is 0 Å². The van der Waals surface area contributed by atoms with Gasteiger partial charge in [0.15, 0.2) is 0 Å². The number of carbonyl (C=O) groups is 1. The molecule has 0 spiro atoms. The lowest BCUT2D eigenvalue weighted by Gasteiger charge is -2.33. The number of aromatic nitrogens is 1. The Kier molecular flexibility index (Phi) is 4.85. The number of hydrogen-bond donors (Lipinski definition) is 1. The van der Waals surface area contributed by atoms with Gasteiger partial charge in [0.05, 0.1) is 6.20 Å². The van der Waals surface area contributed by atoms with E-state index in [0.29, 0.717) is 18.3 Å². The van der Waals surface area contributed by atoms with Gasteiger partial charge in [0.1, 0.15) is 11.5 Å². The van der Waals surface area contributed by atoms with Crippen LogP contribution in [0.25, 0.3) is 0 Å². The van der Waals surface area contributed by atoms with Gasteiger partial charge in [0.2, 0.25) is 0 Å². The number of pyridine rings is 1. The van der Waals surface area contributed by atoms with Gasteiger partial charge in [-0.15, -0.1) is 0 Å². The molecule has 0 saturated carbocycles. The summed E-state index contributed by atoms with van der Waals surface area (Å²) in [5.74, 6) is -0.527. The normalized spacial score (nSPS) is 19.5. The molecule has 1 aliphatic heterocycles. The first kappa shape index (κ1) is 13.9. The van der Waals surface area contributed by atoms with E-state index >= 15 is 0 Å². The molecule has 0 bridgehead atoms. The van der Waals surface area contributed by atoms with Crippen LogP contribution in [-0.2, 0) is 0 Å². The van der Waals surface area contributed by atoms with Crippen molar-refractivity contribution in [3.63, 3.8) is 0 Å². The minimum atomic E-state index is -0.419. The summed E-state index contributed by atoms with van der Waals surface area (Å²) in [4.78, 5) is 17.9. The van der Waals surface area contributed by atoms with Gasteiger partial charge < -0.3 is 10.2 Å². The summed E-state index contributed by atoms with van der Waals surface area (Å²) in [6.45, 7) is 4.56. The Labute approximate surface area is 113 Å². The van der Waals surface area contributed by atoms with Gasteiger partial charge in [-0.2, -0.15) is 0 Å². The average molecular weight is 265 g/mol.